The van der Waals surface area contributed by atoms with Crippen molar-refractivity contribution in [3.63, 3.8) is 0 Å². The van der Waals surface area contributed by atoms with Crippen molar-refractivity contribution in [1.82, 2.24) is 0 Å². The molecule has 1 aromatic heterocycles. The number of hydrogen-bond donors (Lipinski definition) is 3. The lowest BCUT2D eigenvalue weighted by Gasteiger charge is -2.24. The fourth-order valence-electron chi connectivity index (χ4n) is 2.41. The van der Waals surface area contributed by atoms with E-state index < -0.39 is 13.1 Å². The Bertz CT molecular complexity index is 864. The van der Waals surface area contributed by atoms with Crippen molar-refractivity contribution in [3.8, 4) is 17.6 Å². The first kappa shape index (κ1) is 22.6. The summed E-state index contributed by atoms with van der Waals surface area (Å²) in [5, 5.41) is 0. The van der Waals surface area contributed by atoms with Gasteiger partial charge in [-0.2, -0.15) is 0 Å². The van der Waals surface area contributed by atoms with E-state index in [1.807, 2.05) is 19.1 Å². The van der Waals surface area contributed by atoms with E-state index in [2.05, 4.69) is 11.8 Å². The molecule has 0 aliphatic heterocycles. The van der Waals surface area contributed by atoms with Gasteiger partial charge in [-0.05, 0) is 62.6 Å². The monoisotopic (exact) mass is 425 g/mol. The van der Waals surface area contributed by atoms with E-state index in [9.17, 15) is 8.96 Å². The van der Waals surface area contributed by atoms with E-state index in [4.69, 9.17) is 20.3 Å². The molecular weight excluding hydrogens is 400 g/mol. The third kappa shape index (κ3) is 9.01. The van der Waals surface area contributed by atoms with E-state index in [1.54, 1.807) is 23.5 Å². The molecule has 0 spiro atoms. The molecule has 0 amide bonds. The van der Waals surface area contributed by atoms with Crippen LogP contribution in [0.15, 0.2) is 36.4 Å². The van der Waals surface area contributed by atoms with Crippen molar-refractivity contribution in [2.75, 3.05) is 12.8 Å². The molecule has 2 aromatic rings. The number of benzene rings is 1. The Morgan fingerprint density at radius 1 is 1.21 bits per heavy atom. The van der Waals surface area contributed by atoms with Crippen LogP contribution in [-0.4, -0.2) is 28.1 Å². The Kier molecular flexibility index (Phi) is 8.23. The fourth-order valence-corrected chi connectivity index (χ4v) is 4.10. The van der Waals surface area contributed by atoms with E-state index in [-0.39, 0.29) is 18.4 Å². The maximum absolute atomic E-state index is 12.8. The number of hydrogen-bond acceptors (Lipinski definition) is 4. The third-order valence-corrected chi connectivity index (χ3v) is 5.97. The molecule has 0 saturated heterocycles. The highest BCUT2D eigenvalue weighted by Crippen LogP contribution is 2.37. The zero-order valence-electron chi connectivity index (χ0n) is 15.7. The molecule has 0 fully saturated rings. The van der Waals surface area contributed by atoms with Gasteiger partial charge in [-0.15, -0.1) is 11.3 Å². The largest absolute Gasteiger partial charge is 0.493 e. The van der Waals surface area contributed by atoms with Gasteiger partial charge in [0.05, 0.1) is 17.6 Å². The number of nitrogens with two attached hydrogens (primary N) is 1. The summed E-state index contributed by atoms with van der Waals surface area (Å²) in [5.41, 5.74) is 5.53. The summed E-state index contributed by atoms with van der Waals surface area (Å²) in [4.78, 5) is 20.1. The second-order valence-electron chi connectivity index (χ2n) is 6.91. The fraction of sp³-hybridized carbons (Fsp3) is 0.400. The Balaban J connectivity index is 1.74. The summed E-state index contributed by atoms with van der Waals surface area (Å²) in [6, 6.07) is 9.83. The van der Waals surface area contributed by atoms with Crippen LogP contribution in [0.3, 0.4) is 0 Å². The van der Waals surface area contributed by atoms with E-state index in [0.29, 0.717) is 25.2 Å². The number of rotatable bonds is 9. The zero-order chi connectivity index (χ0) is 20.6. The topological polar surface area (TPSA) is 92.8 Å². The van der Waals surface area contributed by atoms with E-state index in [1.165, 1.54) is 12.1 Å². The second-order valence-corrected chi connectivity index (χ2v) is 9.86. The number of ether oxygens (including phenoxy) is 1. The minimum absolute atomic E-state index is 0.193. The van der Waals surface area contributed by atoms with Crippen molar-refractivity contribution >= 4 is 18.9 Å². The Labute approximate surface area is 168 Å². The molecule has 1 unspecified atom stereocenters. The maximum atomic E-state index is 12.8. The van der Waals surface area contributed by atoms with Gasteiger partial charge in [0.2, 0.25) is 0 Å². The van der Waals surface area contributed by atoms with Crippen molar-refractivity contribution in [1.29, 1.82) is 0 Å². The molecule has 2 rings (SSSR count). The molecule has 0 aliphatic carbocycles. The van der Waals surface area contributed by atoms with Crippen LogP contribution >= 0.6 is 18.9 Å². The summed E-state index contributed by atoms with van der Waals surface area (Å²) in [6.45, 7) is 2.25. The van der Waals surface area contributed by atoms with Gasteiger partial charge in [-0.1, -0.05) is 11.8 Å². The van der Waals surface area contributed by atoms with Crippen molar-refractivity contribution in [2.45, 2.75) is 38.1 Å². The lowest BCUT2D eigenvalue weighted by molar-refractivity contribution is 0.326. The molecule has 8 heteroatoms. The molecule has 0 bridgehead atoms. The normalized spacial score (nSPS) is 13.5. The predicted molar refractivity (Wildman–Crippen MR) is 110 cm³/mol. The predicted octanol–water partition coefficient (Wildman–Crippen LogP) is 3.93. The summed E-state index contributed by atoms with van der Waals surface area (Å²) < 4.78 is 29.3. The van der Waals surface area contributed by atoms with Gasteiger partial charge in [-0.3, -0.25) is 4.57 Å². The van der Waals surface area contributed by atoms with Gasteiger partial charge >= 0.3 is 7.60 Å². The molecule has 0 radical (unpaired) electrons. The smallest absolute Gasteiger partial charge is 0.325 e. The molecule has 28 heavy (non-hydrogen) atoms. The van der Waals surface area contributed by atoms with Gasteiger partial charge in [0, 0.05) is 16.8 Å². The second kappa shape index (κ2) is 10.2. The first-order valence-electron chi connectivity index (χ1n) is 8.92. The zero-order valence-corrected chi connectivity index (χ0v) is 17.4. The van der Waals surface area contributed by atoms with Gasteiger partial charge in [0.25, 0.3) is 0 Å². The quantitative estimate of drug-likeness (QED) is 0.322. The average molecular weight is 425 g/mol. The van der Waals surface area contributed by atoms with Crippen LogP contribution < -0.4 is 10.5 Å². The lowest BCUT2D eigenvalue weighted by Crippen LogP contribution is -2.37. The summed E-state index contributed by atoms with van der Waals surface area (Å²) in [7, 11) is -4.02. The molecule has 4 N–H and O–H groups in total. The van der Waals surface area contributed by atoms with E-state index >= 15 is 0 Å². The van der Waals surface area contributed by atoms with Crippen LogP contribution in [0.25, 0.3) is 0 Å². The molecule has 1 heterocycles. The highest BCUT2D eigenvalue weighted by molar-refractivity contribution is 7.51. The Morgan fingerprint density at radius 2 is 1.93 bits per heavy atom. The van der Waals surface area contributed by atoms with Crippen LogP contribution in [0.4, 0.5) is 4.39 Å². The standard InChI is InChI=1S/C20H25FNO4PS/c1-20(22,13-15-27(23,24)25)12-11-19-10-9-18(28-19)4-2-3-14-26-17-7-5-16(21)6-8-17/h5-10H,3,11-15,22H2,1H3,(H2,23,24,25). The summed E-state index contributed by atoms with van der Waals surface area (Å²) in [6.07, 6.45) is 2.04. The first-order valence-corrected chi connectivity index (χ1v) is 11.5. The molecule has 0 saturated carbocycles. The Hall–Kier alpha value is -1.68. The number of thiophene rings is 1. The number of halogens is 1. The highest BCUT2D eigenvalue weighted by Gasteiger charge is 2.23. The third-order valence-electron chi connectivity index (χ3n) is 4.10. The van der Waals surface area contributed by atoms with E-state index in [0.717, 1.165) is 16.2 Å². The summed E-state index contributed by atoms with van der Waals surface area (Å²) in [5.74, 6) is 6.47. The summed E-state index contributed by atoms with van der Waals surface area (Å²) >= 11 is 1.59. The van der Waals surface area contributed by atoms with Crippen LogP contribution in [0.5, 0.6) is 5.75 Å². The van der Waals surface area contributed by atoms with Gasteiger partial charge in [0.1, 0.15) is 11.6 Å². The minimum Gasteiger partial charge on any atom is -0.493 e. The van der Waals surface area contributed by atoms with Gasteiger partial charge in [-0.25, -0.2) is 4.39 Å². The van der Waals surface area contributed by atoms with Crippen LogP contribution in [-0.2, 0) is 11.0 Å². The number of aryl methyl sites for hydroxylation is 1. The SMILES string of the molecule is CC(N)(CCc1ccc(C#CCCOc2ccc(F)cc2)s1)CCP(=O)(O)O. The van der Waals surface area contributed by atoms with Gasteiger partial charge < -0.3 is 20.3 Å². The van der Waals surface area contributed by atoms with Crippen molar-refractivity contribution < 1.29 is 23.5 Å². The van der Waals surface area contributed by atoms with Crippen LogP contribution in [0.1, 0.15) is 35.9 Å². The lowest BCUT2D eigenvalue weighted by atomic mass is 9.94. The minimum atomic E-state index is -4.02. The first-order chi connectivity index (χ1) is 13.1. The van der Waals surface area contributed by atoms with Crippen LogP contribution in [0, 0.1) is 17.7 Å². The molecule has 5 nitrogen and oxygen atoms in total. The molecule has 1 atom stereocenters. The molecule has 1 aromatic carbocycles. The van der Waals surface area contributed by atoms with Crippen molar-refractivity contribution in [2.24, 2.45) is 5.73 Å². The van der Waals surface area contributed by atoms with Gasteiger partial charge in [0.15, 0.2) is 0 Å². The maximum Gasteiger partial charge on any atom is 0.325 e. The van der Waals surface area contributed by atoms with Crippen LogP contribution in [0.2, 0.25) is 0 Å². The molecular formula is C20H25FNO4PS. The van der Waals surface area contributed by atoms with Crippen molar-refractivity contribution in [3.05, 3.63) is 52.0 Å². The molecule has 0 aliphatic rings. The Morgan fingerprint density at radius 3 is 2.61 bits per heavy atom. The molecule has 152 valence electrons. The average Bonchev–Trinajstić information content (AvgIpc) is 3.07. The highest BCUT2D eigenvalue weighted by atomic mass is 32.1.